The Kier molecular flexibility index (Phi) is 5.16. The van der Waals surface area contributed by atoms with Crippen molar-refractivity contribution in [3.63, 3.8) is 0 Å². The van der Waals surface area contributed by atoms with E-state index in [0.717, 1.165) is 31.9 Å². The summed E-state index contributed by atoms with van der Waals surface area (Å²) < 4.78 is 27.6. The van der Waals surface area contributed by atoms with Gasteiger partial charge in [-0.05, 0) is 49.9 Å². The number of hydrogen-bond acceptors (Lipinski definition) is 3. The highest BCUT2D eigenvalue weighted by Crippen LogP contribution is 2.32. The third kappa shape index (κ3) is 3.72. The summed E-state index contributed by atoms with van der Waals surface area (Å²) in [5.41, 5.74) is 1.07. The van der Waals surface area contributed by atoms with E-state index in [1.807, 2.05) is 4.90 Å². The van der Waals surface area contributed by atoms with Crippen LogP contribution in [0.4, 0.5) is 8.78 Å². The van der Waals surface area contributed by atoms with E-state index in [2.05, 4.69) is 9.88 Å². The van der Waals surface area contributed by atoms with Crippen LogP contribution in [-0.4, -0.2) is 46.4 Å². The van der Waals surface area contributed by atoms with Gasteiger partial charge in [0, 0.05) is 49.2 Å². The molecule has 1 amide bonds. The lowest BCUT2D eigenvalue weighted by Crippen LogP contribution is -2.54. The maximum absolute atomic E-state index is 14.1. The van der Waals surface area contributed by atoms with Gasteiger partial charge < -0.3 is 4.90 Å². The molecular formula is C21H23F2N3O. The first-order chi connectivity index (χ1) is 13.1. The van der Waals surface area contributed by atoms with Crippen molar-refractivity contribution in [1.82, 2.24) is 14.8 Å². The zero-order valence-electron chi connectivity index (χ0n) is 15.2. The molecule has 0 saturated carbocycles. The van der Waals surface area contributed by atoms with E-state index in [-0.39, 0.29) is 5.91 Å². The van der Waals surface area contributed by atoms with Gasteiger partial charge in [-0.25, -0.2) is 8.78 Å². The van der Waals surface area contributed by atoms with Gasteiger partial charge in [0.15, 0.2) is 11.6 Å². The average Bonchev–Trinajstić information content (AvgIpc) is 2.71. The predicted octanol–water partition coefficient (Wildman–Crippen LogP) is 3.49. The average molecular weight is 371 g/mol. The highest BCUT2D eigenvalue weighted by Gasteiger charge is 2.37. The summed E-state index contributed by atoms with van der Waals surface area (Å²) in [6.07, 6.45) is 6.20. The molecule has 1 aromatic carbocycles. The van der Waals surface area contributed by atoms with E-state index in [4.69, 9.17) is 0 Å². The van der Waals surface area contributed by atoms with Crippen LogP contribution >= 0.6 is 0 Å². The van der Waals surface area contributed by atoms with Crippen LogP contribution in [0.25, 0.3) is 0 Å². The Morgan fingerprint density at radius 2 is 1.93 bits per heavy atom. The Labute approximate surface area is 157 Å². The van der Waals surface area contributed by atoms with Crippen molar-refractivity contribution in [3.05, 3.63) is 65.5 Å². The van der Waals surface area contributed by atoms with Gasteiger partial charge in [-0.15, -0.1) is 0 Å². The molecule has 0 bridgehead atoms. The number of aromatic nitrogens is 1. The normalized spacial score (nSPS) is 23.1. The minimum Gasteiger partial charge on any atom is -0.338 e. The van der Waals surface area contributed by atoms with E-state index >= 15 is 0 Å². The van der Waals surface area contributed by atoms with Crippen molar-refractivity contribution >= 4 is 5.91 Å². The van der Waals surface area contributed by atoms with Crippen molar-refractivity contribution in [2.24, 2.45) is 5.92 Å². The monoisotopic (exact) mass is 371 g/mol. The highest BCUT2D eigenvalue weighted by atomic mass is 19.2. The number of amides is 1. The van der Waals surface area contributed by atoms with Gasteiger partial charge in [0.25, 0.3) is 5.91 Å². The molecule has 6 heteroatoms. The fourth-order valence-electron chi connectivity index (χ4n) is 4.45. The number of fused-ring (bicyclic) bond motifs is 1. The predicted molar refractivity (Wildman–Crippen MR) is 98.0 cm³/mol. The first-order valence-electron chi connectivity index (χ1n) is 9.49. The van der Waals surface area contributed by atoms with Gasteiger partial charge in [0.2, 0.25) is 0 Å². The quantitative estimate of drug-likeness (QED) is 0.829. The van der Waals surface area contributed by atoms with Crippen LogP contribution in [0.5, 0.6) is 0 Å². The molecule has 142 valence electrons. The van der Waals surface area contributed by atoms with E-state index < -0.39 is 11.6 Å². The lowest BCUT2D eigenvalue weighted by Gasteiger charge is -2.47. The smallest absolute Gasteiger partial charge is 0.253 e. The van der Waals surface area contributed by atoms with Crippen molar-refractivity contribution in [3.8, 4) is 0 Å². The van der Waals surface area contributed by atoms with Gasteiger partial charge in [0.05, 0.1) is 0 Å². The topological polar surface area (TPSA) is 36.4 Å². The van der Waals surface area contributed by atoms with Gasteiger partial charge in [0.1, 0.15) is 0 Å². The number of pyridine rings is 1. The van der Waals surface area contributed by atoms with E-state index in [1.165, 1.54) is 0 Å². The first-order valence-corrected chi connectivity index (χ1v) is 9.49. The Morgan fingerprint density at radius 1 is 1.11 bits per heavy atom. The van der Waals surface area contributed by atoms with Crippen LogP contribution in [-0.2, 0) is 6.54 Å². The molecule has 4 nitrogen and oxygen atoms in total. The molecule has 1 aromatic heterocycles. The van der Waals surface area contributed by atoms with Gasteiger partial charge in [-0.3, -0.25) is 14.7 Å². The largest absolute Gasteiger partial charge is 0.338 e. The van der Waals surface area contributed by atoms with Crippen molar-refractivity contribution in [1.29, 1.82) is 0 Å². The van der Waals surface area contributed by atoms with Crippen LogP contribution in [0.1, 0.15) is 35.2 Å². The number of benzene rings is 1. The van der Waals surface area contributed by atoms with Gasteiger partial charge in [-0.1, -0.05) is 12.1 Å². The zero-order valence-corrected chi connectivity index (χ0v) is 15.2. The molecule has 3 heterocycles. The molecule has 4 rings (SSSR count). The molecule has 0 aliphatic carbocycles. The second-order valence-electron chi connectivity index (χ2n) is 7.43. The molecule has 27 heavy (non-hydrogen) atoms. The Morgan fingerprint density at radius 3 is 2.74 bits per heavy atom. The molecule has 0 unspecified atom stereocenters. The number of nitrogens with zero attached hydrogens (tertiary/aromatic N) is 3. The number of piperidine rings is 2. The van der Waals surface area contributed by atoms with Crippen molar-refractivity contribution < 1.29 is 13.6 Å². The van der Waals surface area contributed by atoms with Crippen LogP contribution in [0.15, 0.2) is 42.7 Å². The summed E-state index contributed by atoms with van der Waals surface area (Å²) in [4.78, 5) is 20.9. The number of rotatable bonds is 3. The standard InChI is InChI=1S/C21H23F2N3O/c22-18-5-1-3-17(20(18)23)14-25-11-2-4-16-13-26(12-8-19(16)25)21(27)15-6-9-24-10-7-15/h1,3,5-7,9-10,16,19H,2,4,8,11-14H2/t16-,19-/m1/s1. The maximum atomic E-state index is 14.1. The number of carbonyl (C=O) groups is 1. The number of likely N-dealkylation sites (tertiary alicyclic amines) is 2. The third-order valence-corrected chi connectivity index (χ3v) is 5.80. The molecule has 0 spiro atoms. The van der Waals surface area contributed by atoms with E-state index in [9.17, 15) is 13.6 Å². The van der Waals surface area contributed by atoms with Crippen molar-refractivity contribution in [2.75, 3.05) is 19.6 Å². The molecule has 0 N–H and O–H groups in total. The third-order valence-electron chi connectivity index (χ3n) is 5.80. The maximum Gasteiger partial charge on any atom is 0.253 e. The van der Waals surface area contributed by atoms with Gasteiger partial charge >= 0.3 is 0 Å². The van der Waals surface area contributed by atoms with Crippen LogP contribution in [0.2, 0.25) is 0 Å². The first kappa shape index (κ1) is 18.0. The van der Waals surface area contributed by atoms with Crippen LogP contribution in [0, 0.1) is 17.6 Å². The lowest BCUT2D eigenvalue weighted by molar-refractivity contribution is 0.0170. The summed E-state index contributed by atoms with van der Waals surface area (Å²) >= 11 is 0. The molecule has 2 aromatic rings. The van der Waals surface area contributed by atoms with E-state index in [0.29, 0.717) is 42.7 Å². The molecule has 0 radical (unpaired) electrons. The highest BCUT2D eigenvalue weighted by molar-refractivity contribution is 5.94. The second-order valence-corrected chi connectivity index (χ2v) is 7.43. The minimum atomic E-state index is -0.793. The molecule has 2 fully saturated rings. The van der Waals surface area contributed by atoms with Crippen LogP contribution < -0.4 is 0 Å². The number of carbonyl (C=O) groups excluding carboxylic acids is 1. The zero-order chi connectivity index (χ0) is 18.8. The van der Waals surface area contributed by atoms with E-state index in [1.54, 1.807) is 36.7 Å². The van der Waals surface area contributed by atoms with Crippen molar-refractivity contribution in [2.45, 2.75) is 31.8 Å². The summed E-state index contributed by atoms with van der Waals surface area (Å²) in [5.74, 6) is -1.12. The lowest BCUT2D eigenvalue weighted by atomic mass is 9.83. The molecule has 2 aliphatic rings. The number of hydrogen-bond donors (Lipinski definition) is 0. The second kappa shape index (κ2) is 7.72. The fraction of sp³-hybridized carbons (Fsp3) is 0.429. The Hall–Kier alpha value is -2.34. The molecule has 2 saturated heterocycles. The summed E-state index contributed by atoms with van der Waals surface area (Å²) in [6.45, 7) is 2.71. The Bertz CT molecular complexity index is 814. The van der Waals surface area contributed by atoms with Gasteiger partial charge in [-0.2, -0.15) is 0 Å². The summed E-state index contributed by atoms with van der Waals surface area (Å²) in [5, 5.41) is 0. The number of halogens is 2. The SMILES string of the molecule is O=C(c1ccncc1)N1CC[C@@H]2[C@H](CCCN2Cc2cccc(F)c2F)C1. The Balaban J connectivity index is 1.45. The minimum absolute atomic E-state index is 0.0455. The molecule has 2 aliphatic heterocycles. The fourth-order valence-corrected chi connectivity index (χ4v) is 4.45. The van der Waals surface area contributed by atoms with Crippen LogP contribution in [0.3, 0.4) is 0 Å². The molecule has 2 atom stereocenters. The summed E-state index contributed by atoms with van der Waals surface area (Å²) in [6, 6.07) is 8.17. The summed E-state index contributed by atoms with van der Waals surface area (Å²) in [7, 11) is 0. The molecular weight excluding hydrogens is 348 g/mol.